The van der Waals surface area contributed by atoms with Crippen LogP contribution in [-0.4, -0.2) is 56.2 Å². The second kappa shape index (κ2) is 7.66. The van der Waals surface area contributed by atoms with E-state index in [1.165, 1.54) is 12.0 Å². The third-order valence-electron chi connectivity index (χ3n) is 4.50. The van der Waals surface area contributed by atoms with E-state index in [1.807, 2.05) is 12.1 Å². The topological polar surface area (TPSA) is 24.9 Å². The molecule has 1 aromatic carbocycles. The number of ether oxygens (including phenoxy) is 2. The predicted octanol–water partition coefficient (Wildman–Crippen LogP) is 2.62. The van der Waals surface area contributed by atoms with Gasteiger partial charge in [0.15, 0.2) is 0 Å². The summed E-state index contributed by atoms with van der Waals surface area (Å²) in [5.74, 6) is 1.84. The fourth-order valence-corrected chi connectivity index (χ4v) is 2.87. The van der Waals surface area contributed by atoms with E-state index >= 15 is 0 Å². The third-order valence-corrected chi connectivity index (χ3v) is 4.50. The molecule has 0 aromatic heterocycles. The quantitative estimate of drug-likeness (QED) is 0.805. The first-order valence-electron chi connectivity index (χ1n) is 7.85. The lowest BCUT2D eigenvalue weighted by Crippen LogP contribution is -2.49. The number of methoxy groups -OCH3 is 2. The predicted molar refractivity (Wildman–Crippen MR) is 86.1 cm³/mol. The molecule has 0 saturated carbocycles. The van der Waals surface area contributed by atoms with Crippen molar-refractivity contribution in [1.29, 1.82) is 0 Å². The molecule has 1 fully saturated rings. The highest BCUT2D eigenvalue weighted by atomic mass is 16.5. The Hall–Kier alpha value is -1.26. The molecule has 0 spiro atoms. The highest BCUT2D eigenvalue weighted by molar-refractivity contribution is 5.40. The van der Waals surface area contributed by atoms with Gasteiger partial charge in [-0.3, -0.25) is 9.80 Å². The third kappa shape index (κ3) is 4.11. The monoisotopic (exact) mass is 292 g/mol. The van der Waals surface area contributed by atoms with E-state index < -0.39 is 0 Å². The van der Waals surface area contributed by atoms with Crippen molar-refractivity contribution in [1.82, 2.24) is 9.80 Å². The van der Waals surface area contributed by atoms with Crippen LogP contribution in [0.4, 0.5) is 0 Å². The van der Waals surface area contributed by atoms with Crippen molar-refractivity contribution in [3.63, 3.8) is 0 Å². The molecule has 1 saturated heterocycles. The number of hydrogen-bond donors (Lipinski definition) is 0. The Kier molecular flexibility index (Phi) is 5.88. The maximum Gasteiger partial charge on any atom is 0.123 e. The van der Waals surface area contributed by atoms with Crippen LogP contribution in [-0.2, 0) is 6.54 Å². The maximum absolute atomic E-state index is 5.47. The molecular weight excluding hydrogens is 264 g/mol. The molecule has 4 nitrogen and oxygen atoms in total. The molecule has 1 unspecified atom stereocenters. The maximum atomic E-state index is 5.47. The lowest BCUT2D eigenvalue weighted by Gasteiger charge is -2.38. The van der Waals surface area contributed by atoms with Crippen molar-refractivity contribution >= 4 is 0 Å². The van der Waals surface area contributed by atoms with Gasteiger partial charge in [-0.25, -0.2) is 0 Å². The van der Waals surface area contributed by atoms with Crippen LogP contribution >= 0.6 is 0 Å². The van der Waals surface area contributed by atoms with Gasteiger partial charge in [0.05, 0.1) is 14.2 Å². The Morgan fingerprint density at radius 1 is 1.10 bits per heavy atom. The second-order valence-electron chi connectivity index (χ2n) is 5.75. The van der Waals surface area contributed by atoms with Crippen molar-refractivity contribution in [2.24, 2.45) is 0 Å². The first-order valence-corrected chi connectivity index (χ1v) is 7.85. The molecule has 1 aliphatic rings. The van der Waals surface area contributed by atoms with Crippen LogP contribution < -0.4 is 9.47 Å². The van der Waals surface area contributed by atoms with Crippen molar-refractivity contribution in [2.75, 3.05) is 40.4 Å². The van der Waals surface area contributed by atoms with E-state index in [0.717, 1.165) is 44.2 Å². The number of rotatable bonds is 6. The number of piperazine rings is 1. The molecule has 2 rings (SSSR count). The summed E-state index contributed by atoms with van der Waals surface area (Å²) in [4.78, 5) is 5.08. The smallest absolute Gasteiger partial charge is 0.123 e. The average molecular weight is 292 g/mol. The standard InChI is InChI=1S/C17H28N2O2/c1-5-14(2)19-10-8-18(9-11-19)13-15-12-16(20-3)6-7-17(15)21-4/h6-7,12,14H,5,8-11,13H2,1-4H3. The summed E-state index contributed by atoms with van der Waals surface area (Å²) in [6.07, 6.45) is 1.23. The average Bonchev–Trinajstić information content (AvgIpc) is 2.54. The van der Waals surface area contributed by atoms with E-state index in [2.05, 4.69) is 29.7 Å². The fraction of sp³-hybridized carbons (Fsp3) is 0.647. The summed E-state index contributed by atoms with van der Waals surface area (Å²) in [6, 6.07) is 6.71. The van der Waals surface area contributed by atoms with E-state index in [4.69, 9.17) is 9.47 Å². The summed E-state index contributed by atoms with van der Waals surface area (Å²) < 4.78 is 10.8. The van der Waals surface area contributed by atoms with Crippen molar-refractivity contribution in [3.05, 3.63) is 23.8 Å². The van der Waals surface area contributed by atoms with Gasteiger partial charge in [0.25, 0.3) is 0 Å². The molecule has 118 valence electrons. The van der Waals surface area contributed by atoms with Crippen molar-refractivity contribution in [2.45, 2.75) is 32.9 Å². The highest BCUT2D eigenvalue weighted by Gasteiger charge is 2.21. The summed E-state index contributed by atoms with van der Waals surface area (Å²) in [5.41, 5.74) is 1.20. The molecule has 0 bridgehead atoms. The number of hydrogen-bond acceptors (Lipinski definition) is 4. The van der Waals surface area contributed by atoms with Gasteiger partial charge < -0.3 is 9.47 Å². The molecule has 1 aromatic rings. The Balaban J connectivity index is 1.97. The zero-order valence-electron chi connectivity index (χ0n) is 13.8. The zero-order valence-corrected chi connectivity index (χ0v) is 13.8. The lowest BCUT2D eigenvalue weighted by molar-refractivity contribution is 0.0958. The molecule has 0 N–H and O–H groups in total. The molecule has 0 aliphatic carbocycles. The molecule has 1 heterocycles. The van der Waals surface area contributed by atoms with Crippen LogP contribution in [0, 0.1) is 0 Å². The summed E-state index contributed by atoms with van der Waals surface area (Å²) in [6.45, 7) is 10.0. The Morgan fingerprint density at radius 3 is 2.38 bits per heavy atom. The van der Waals surface area contributed by atoms with E-state index in [-0.39, 0.29) is 0 Å². The summed E-state index contributed by atoms with van der Waals surface area (Å²) in [7, 11) is 3.43. The molecule has 1 atom stereocenters. The summed E-state index contributed by atoms with van der Waals surface area (Å²) >= 11 is 0. The van der Waals surface area contributed by atoms with E-state index in [1.54, 1.807) is 14.2 Å². The minimum absolute atomic E-state index is 0.693. The van der Waals surface area contributed by atoms with Crippen molar-refractivity contribution in [3.8, 4) is 11.5 Å². The normalized spacial score (nSPS) is 18.5. The molecule has 0 radical (unpaired) electrons. The van der Waals surface area contributed by atoms with Gasteiger partial charge in [-0.15, -0.1) is 0 Å². The molecule has 21 heavy (non-hydrogen) atoms. The van der Waals surface area contributed by atoms with Crippen LogP contribution in [0.1, 0.15) is 25.8 Å². The Labute approximate surface area is 128 Å². The van der Waals surface area contributed by atoms with Crippen molar-refractivity contribution < 1.29 is 9.47 Å². The summed E-state index contributed by atoms with van der Waals surface area (Å²) in [5, 5.41) is 0. The Morgan fingerprint density at radius 2 is 1.81 bits per heavy atom. The van der Waals surface area contributed by atoms with Gasteiger partial charge in [-0.2, -0.15) is 0 Å². The van der Waals surface area contributed by atoms with Gasteiger partial charge in [0.2, 0.25) is 0 Å². The Bertz CT molecular complexity index is 442. The van der Waals surface area contributed by atoms with Crippen LogP contribution in [0.5, 0.6) is 11.5 Å². The first kappa shape index (κ1) is 16.1. The van der Waals surface area contributed by atoms with Gasteiger partial charge in [0, 0.05) is 44.3 Å². The SMILES string of the molecule is CCC(C)N1CCN(Cc2cc(OC)ccc2OC)CC1. The number of nitrogens with zero attached hydrogens (tertiary/aromatic N) is 2. The fourth-order valence-electron chi connectivity index (χ4n) is 2.87. The molecular formula is C17H28N2O2. The lowest BCUT2D eigenvalue weighted by atomic mass is 10.1. The second-order valence-corrected chi connectivity index (χ2v) is 5.75. The van der Waals surface area contributed by atoms with Gasteiger partial charge >= 0.3 is 0 Å². The van der Waals surface area contributed by atoms with Crippen LogP contribution in [0.2, 0.25) is 0 Å². The molecule has 1 aliphatic heterocycles. The first-order chi connectivity index (χ1) is 10.2. The van der Waals surface area contributed by atoms with Crippen LogP contribution in [0.25, 0.3) is 0 Å². The minimum Gasteiger partial charge on any atom is -0.497 e. The van der Waals surface area contributed by atoms with Gasteiger partial charge in [0.1, 0.15) is 11.5 Å². The van der Waals surface area contributed by atoms with E-state index in [0.29, 0.717) is 6.04 Å². The van der Waals surface area contributed by atoms with Gasteiger partial charge in [-0.1, -0.05) is 6.92 Å². The minimum atomic E-state index is 0.693. The van der Waals surface area contributed by atoms with Crippen LogP contribution in [0.3, 0.4) is 0 Å². The van der Waals surface area contributed by atoms with Gasteiger partial charge in [-0.05, 0) is 31.5 Å². The molecule has 4 heteroatoms. The zero-order chi connectivity index (χ0) is 15.2. The van der Waals surface area contributed by atoms with Crippen LogP contribution in [0.15, 0.2) is 18.2 Å². The number of benzene rings is 1. The molecule has 0 amide bonds. The largest absolute Gasteiger partial charge is 0.497 e. The van der Waals surface area contributed by atoms with E-state index in [9.17, 15) is 0 Å². The highest BCUT2D eigenvalue weighted by Crippen LogP contribution is 2.25.